The Hall–Kier alpha value is -4.21. The Kier molecular flexibility index (Phi) is 7.39. The molecular weight excluding hydrogens is 454 g/mol. The fourth-order valence-corrected chi connectivity index (χ4v) is 3.87. The molecule has 35 heavy (non-hydrogen) atoms. The molecule has 0 bridgehead atoms. The zero-order valence-corrected chi connectivity index (χ0v) is 18.8. The molecule has 0 aliphatic carbocycles. The lowest BCUT2D eigenvalue weighted by Gasteiger charge is -2.17. The predicted molar refractivity (Wildman–Crippen MR) is 126 cm³/mol. The number of carbonyl (C=O) groups is 2. The zero-order chi connectivity index (χ0) is 24.8. The highest BCUT2D eigenvalue weighted by molar-refractivity contribution is 5.91. The Morgan fingerprint density at radius 3 is 2.66 bits per heavy atom. The highest BCUT2D eigenvalue weighted by atomic mass is 19.2. The van der Waals surface area contributed by atoms with Crippen molar-refractivity contribution in [3.8, 4) is 0 Å². The normalized spacial score (nSPS) is 11.9. The number of benzene rings is 2. The van der Waals surface area contributed by atoms with Crippen LogP contribution in [-0.4, -0.2) is 31.4 Å². The maximum absolute atomic E-state index is 13.7. The number of halogens is 2. The van der Waals surface area contributed by atoms with Crippen LogP contribution < -0.4 is 11.1 Å². The molecule has 2 aromatic carbocycles. The second-order valence-electron chi connectivity index (χ2n) is 8.27. The number of fused-ring (bicyclic) bond motifs is 1. The number of nitrogens with zero attached hydrogens (tertiary/aromatic N) is 4. The number of rotatable bonds is 10. The van der Waals surface area contributed by atoms with Gasteiger partial charge >= 0.3 is 0 Å². The lowest BCUT2D eigenvalue weighted by molar-refractivity contribution is -0.129. The molecule has 1 amide bonds. The fraction of sp³-hybridized carbons (Fsp3) is 0.240. The van der Waals surface area contributed by atoms with E-state index in [-0.39, 0.29) is 37.5 Å². The van der Waals surface area contributed by atoms with E-state index in [1.165, 1.54) is 23.4 Å². The molecule has 0 saturated heterocycles. The molecular formula is C25H24F2N6O2. The quantitative estimate of drug-likeness (QED) is 0.362. The molecule has 180 valence electrons. The Morgan fingerprint density at radius 2 is 1.89 bits per heavy atom. The Morgan fingerprint density at radius 1 is 1.06 bits per heavy atom. The number of nitrogens with two attached hydrogens (primary N) is 1. The smallest absolute Gasteiger partial charge is 0.224 e. The zero-order valence-electron chi connectivity index (χ0n) is 18.8. The average molecular weight is 479 g/mol. The van der Waals surface area contributed by atoms with Gasteiger partial charge in [0.25, 0.3) is 0 Å². The average Bonchev–Trinajstić information content (AvgIpc) is 3.37. The van der Waals surface area contributed by atoms with Crippen LogP contribution in [0.5, 0.6) is 0 Å². The summed E-state index contributed by atoms with van der Waals surface area (Å²) in [5, 5.41) is 8.54. The van der Waals surface area contributed by atoms with Crippen molar-refractivity contribution in [1.82, 2.24) is 25.1 Å². The van der Waals surface area contributed by atoms with Gasteiger partial charge in [0.1, 0.15) is 24.3 Å². The van der Waals surface area contributed by atoms with Crippen molar-refractivity contribution in [2.24, 2.45) is 5.92 Å². The largest absolute Gasteiger partial charge is 0.383 e. The molecule has 0 spiro atoms. The number of nitrogen functional groups attached to an aromatic ring is 1. The number of Topliss-reactive ketones (excluding diaryl/α,β-unsaturated/α-hetero) is 1. The first kappa shape index (κ1) is 23.9. The summed E-state index contributed by atoms with van der Waals surface area (Å²) in [6, 6.07) is 10.9. The lowest BCUT2D eigenvalue weighted by Crippen LogP contribution is -2.33. The van der Waals surface area contributed by atoms with E-state index < -0.39 is 17.6 Å². The van der Waals surface area contributed by atoms with Crippen molar-refractivity contribution in [2.45, 2.75) is 32.4 Å². The molecule has 0 saturated carbocycles. The van der Waals surface area contributed by atoms with Gasteiger partial charge in [0.2, 0.25) is 5.91 Å². The van der Waals surface area contributed by atoms with Gasteiger partial charge in [-0.15, -0.1) is 0 Å². The van der Waals surface area contributed by atoms with E-state index in [0.29, 0.717) is 17.9 Å². The molecule has 2 heterocycles. The Bertz CT molecular complexity index is 1340. The molecule has 0 unspecified atom stereocenters. The minimum atomic E-state index is -0.996. The molecule has 2 aromatic heterocycles. The summed E-state index contributed by atoms with van der Waals surface area (Å²) < 4.78 is 28.6. The van der Waals surface area contributed by atoms with Crippen molar-refractivity contribution in [3.63, 3.8) is 0 Å². The van der Waals surface area contributed by atoms with Crippen LogP contribution in [0.1, 0.15) is 24.0 Å². The molecule has 3 N–H and O–H groups in total. The third kappa shape index (κ3) is 6.23. The number of hydrogen-bond acceptors (Lipinski definition) is 6. The van der Waals surface area contributed by atoms with Crippen LogP contribution in [0, 0.1) is 17.6 Å². The number of amides is 1. The molecule has 4 rings (SSSR count). The lowest BCUT2D eigenvalue weighted by atomic mass is 9.92. The van der Waals surface area contributed by atoms with Crippen LogP contribution in [-0.2, 0) is 29.1 Å². The van der Waals surface area contributed by atoms with Crippen LogP contribution in [0.15, 0.2) is 61.3 Å². The monoisotopic (exact) mass is 478 g/mol. The van der Waals surface area contributed by atoms with Crippen molar-refractivity contribution in [3.05, 3.63) is 84.1 Å². The Labute approximate surface area is 200 Å². The Balaban J connectivity index is 1.44. The summed E-state index contributed by atoms with van der Waals surface area (Å²) in [5.74, 6) is -2.78. The van der Waals surface area contributed by atoms with Gasteiger partial charge in [-0.05, 0) is 47.2 Å². The molecule has 8 nitrogen and oxygen atoms in total. The number of carbonyl (C=O) groups excluding carboxylic acids is 2. The van der Waals surface area contributed by atoms with Crippen molar-refractivity contribution in [2.75, 3.05) is 5.73 Å². The number of nitrogens with one attached hydrogen (secondary N) is 1. The summed E-state index contributed by atoms with van der Waals surface area (Å²) in [4.78, 5) is 33.6. The van der Waals surface area contributed by atoms with Gasteiger partial charge in [0, 0.05) is 43.4 Å². The van der Waals surface area contributed by atoms with Gasteiger partial charge in [-0.3, -0.25) is 14.3 Å². The second kappa shape index (κ2) is 10.8. The molecule has 0 radical (unpaired) electrons. The molecule has 4 aromatic rings. The van der Waals surface area contributed by atoms with Crippen LogP contribution in [0.4, 0.5) is 14.6 Å². The van der Waals surface area contributed by atoms with Crippen LogP contribution in [0.3, 0.4) is 0 Å². The first-order valence-corrected chi connectivity index (χ1v) is 11.1. The number of hydrogen-bond donors (Lipinski definition) is 2. The number of aromatic nitrogens is 4. The van der Waals surface area contributed by atoms with Crippen LogP contribution in [0.25, 0.3) is 10.8 Å². The van der Waals surface area contributed by atoms with Gasteiger partial charge in [-0.1, -0.05) is 18.2 Å². The van der Waals surface area contributed by atoms with E-state index in [1.54, 1.807) is 6.20 Å². The summed E-state index contributed by atoms with van der Waals surface area (Å²) in [6.07, 6.45) is 4.72. The maximum atomic E-state index is 13.7. The molecule has 0 aliphatic rings. The van der Waals surface area contributed by atoms with Gasteiger partial charge in [-0.2, -0.15) is 5.10 Å². The van der Waals surface area contributed by atoms with Crippen LogP contribution in [0.2, 0.25) is 0 Å². The molecule has 1 atom stereocenters. The van der Waals surface area contributed by atoms with Gasteiger partial charge < -0.3 is 11.1 Å². The van der Waals surface area contributed by atoms with Crippen molar-refractivity contribution >= 4 is 28.3 Å². The van der Waals surface area contributed by atoms with E-state index in [1.807, 2.05) is 24.3 Å². The first-order valence-electron chi connectivity index (χ1n) is 11.1. The van der Waals surface area contributed by atoms with Crippen molar-refractivity contribution < 1.29 is 18.4 Å². The third-order valence-corrected chi connectivity index (χ3v) is 5.72. The number of ketones is 1. The van der Waals surface area contributed by atoms with E-state index >= 15 is 0 Å². The van der Waals surface area contributed by atoms with Crippen molar-refractivity contribution in [1.29, 1.82) is 0 Å². The van der Waals surface area contributed by atoms with Gasteiger partial charge in [0.05, 0.1) is 0 Å². The second-order valence-corrected chi connectivity index (χ2v) is 8.27. The number of pyridine rings is 1. The number of anilines is 1. The minimum Gasteiger partial charge on any atom is -0.383 e. The number of aryl methyl sites for hydroxylation is 1. The summed E-state index contributed by atoms with van der Waals surface area (Å²) in [7, 11) is 0. The highest BCUT2D eigenvalue weighted by Gasteiger charge is 2.23. The van der Waals surface area contributed by atoms with Gasteiger partial charge in [-0.25, -0.2) is 18.7 Å². The van der Waals surface area contributed by atoms with E-state index in [0.717, 1.165) is 28.5 Å². The van der Waals surface area contributed by atoms with E-state index in [9.17, 15) is 18.4 Å². The summed E-state index contributed by atoms with van der Waals surface area (Å²) in [5.41, 5.74) is 7.17. The topological polar surface area (TPSA) is 116 Å². The third-order valence-electron chi connectivity index (χ3n) is 5.72. The standard InChI is InChI=1S/C25H24F2N6O2/c26-22-4-2-16(11-23(22)27)9-19(12-20(34)6-8-33-15-29-14-32-33)25(35)31-13-17-1-3-21-18(10-17)5-7-30-24(21)28/h1-5,7,10-11,14-15,19H,6,8-9,12-13H2,(H2,28,30)(H,31,35)/t19-/m1/s1. The summed E-state index contributed by atoms with van der Waals surface area (Å²) >= 11 is 0. The predicted octanol–water partition coefficient (Wildman–Crippen LogP) is 3.21. The molecule has 10 heteroatoms. The molecule has 0 fully saturated rings. The maximum Gasteiger partial charge on any atom is 0.224 e. The highest BCUT2D eigenvalue weighted by Crippen LogP contribution is 2.21. The minimum absolute atomic E-state index is 0.0422. The summed E-state index contributed by atoms with van der Waals surface area (Å²) in [6.45, 7) is 0.575. The van der Waals surface area contributed by atoms with Gasteiger partial charge in [0.15, 0.2) is 11.6 Å². The van der Waals surface area contributed by atoms with E-state index in [2.05, 4.69) is 20.4 Å². The first-order chi connectivity index (χ1) is 16.9. The SMILES string of the molecule is Nc1nccc2cc(CNC(=O)[C@@H](CC(=O)CCn3cncn3)Cc3ccc(F)c(F)c3)ccc12. The fourth-order valence-electron chi connectivity index (χ4n) is 3.87. The molecule has 0 aliphatic heterocycles. The van der Waals surface area contributed by atoms with E-state index in [4.69, 9.17) is 5.73 Å². The van der Waals surface area contributed by atoms with Crippen LogP contribution >= 0.6 is 0 Å².